The Bertz CT molecular complexity index is 1390. The maximum atomic E-state index is 13.3. The highest BCUT2D eigenvalue weighted by Crippen LogP contribution is 2.29. The molecule has 0 saturated carbocycles. The monoisotopic (exact) mass is 435 g/mol. The molecule has 4 rings (SSSR count). The SMILES string of the molecule is C/C(=N/[S@+]([O-])C(C)(C)C)c1cc(C)cc2c(=O)n(C)c(-c3cccc4ccoc34)nc12. The molecular weight excluding hydrogens is 410 g/mol. The minimum absolute atomic E-state index is 0.154. The van der Waals surface area contributed by atoms with E-state index in [1.165, 1.54) is 0 Å². The van der Waals surface area contributed by atoms with Gasteiger partial charge in [0.25, 0.3) is 5.56 Å². The largest absolute Gasteiger partial charge is 0.591 e. The number of aromatic nitrogens is 2. The Morgan fingerprint density at radius 1 is 1.23 bits per heavy atom. The van der Waals surface area contributed by atoms with Gasteiger partial charge in [-0.2, -0.15) is 0 Å². The molecule has 0 fully saturated rings. The highest BCUT2D eigenvalue weighted by atomic mass is 32.2. The van der Waals surface area contributed by atoms with E-state index >= 15 is 0 Å². The molecule has 160 valence electrons. The molecule has 0 unspecified atom stereocenters. The number of furan rings is 1. The van der Waals surface area contributed by atoms with E-state index < -0.39 is 16.1 Å². The summed E-state index contributed by atoms with van der Waals surface area (Å²) in [6.07, 6.45) is 1.63. The molecule has 0 aliphatic heterocycles. The number of para-hydroxylation sites is 1. The Kier molecular flexibility index (Phi) is 5.27. The van der Waals surface area contributed by atoms with Crippen LogP contribution < -0.4 is 5.56 Å². The van der Waals surface area contributed by atoms with Crippen LogP contribution >= 0.6 is 0 Å². The number of nitrogens with zero attached hydrogens (tertiary/aromatic N) is 3. The lowest BCUT2D eigenvalue weighted by molar-refractivity contribution is 0.561. The van der Waals surface area contributed by atoms with E-state index in [1.807, 2.05) is 71.0 Å². The van der Waals surface area contributed by atoms with Gasteiger partial charge in [0.2, 0.25) is 0 Å². The Morgan fingerprint density at radius 3 is 2.68 bits per heavy atom. The maximum Gasteiger partial charge on any atom is 0.261 e. The van der Waals surface area contributed by atoms with E-state index in [1.54, 1.807) is 17.9 Å². The van der Waals surface area contributed by atoms with E-state index in [2.05, 4.69) is 4.40 Å². The number of hydrogen-bond donors (Lipinski definition) is 0. The van der Waals surface area contributed by atoms with Gasteiger partial charge in [-0.25, -0.2) is 4.98 Å². The second kappa shape index (κ2) is 7.66. The van der Waals surface area contributed by atoms with Crippen LogP contribution in [0.1, 0.15) is 38.8 Å². The van der Waals surface area contributed by atoms with Gasteiger partial charge in [-0.1, -0.05) is 16.5 Å². The van der Waals surface area contributed by atoms with Crippen LogP contribution in [0.15, 0.2) is 56.3 Å². The van der Waals surface area contributed by atoms with E-state index in [0.29, 0.717) is 33.6 Å². The summed E-state index contributed by atoms with van der Waals surface area (Å²) in [5, 5.41) is 1.44. The third kappa shape index (κ3) is 3.79. The molecule has 2 heterocycles. The van der Waals surface area contributed by atoms with Crippen molar-refractivity contribution < 1.29 is 8.97 Å². The van der Waals surface area contributed by atoms with Gasteiger partial charge in [0.1, 0.15) is 27.5 Å². The number of aryl methyl sites for hydroxylation is 1. The first-order chi connectivity index (χ1) is 14.6. The van der Waals surface area contributed by atoms with Crippen LogP contribution in [0.25, 0.3) is 33.3 Å². The van der Waals surface area contributed by atoms with Gasteiger partial charge in [0.15, 0.2) is 0 Å². The van der Waals surface area contributed by atoms with Crippen molar-refractivity contribution in [3.63, 3.8) is 0 Å². The predicted octanol–water partition coefficient (Wildman–Crippen LogP) is 4.93. The van der Waals surface area contributed by atoms with Crippen LogP contribution in [0.4, 0.5) is 0 Å². The van der Waals surface area contributed by atoms with Gasteiger partial charge in [-0.3, -0.25) is 9.36 Å². The molecule has 7 heteroatoms. The molecule has 0 bridgehead atoms. The Morgan fingerprint density at radius 2 is 1.97 bits per heavy atom. The zero-order valence-electron chi connectivity index (χ0n) is 18.5. The van der Waals surface area contributed by atoms with Gasteiger partial charge in [-0.15, -0.1) is 0 Å². The third-order valence-electron chi connectivity index (χ3n) is 5.18. The quantitative estimate of drug-likeness (QED) is 0.337. The van der Waals surface area contributed by atoms with E-state index in [9.17, 15) is 9.35 Å². The molecule has 0 N–H and O–H groups in total. The van der Waals surface area contributed by atoms with Gasteiger partial charge in [0, 0.05) is 18.0 Å². The standard InChI is InChI=1S/C24H25N3O3S/c1-14-12-18(15(2)26-31(29)24(3,4)5)20-19(13-14)23(28)27(6)22(25-20)17-9-7-8-16-10-11-30-21(16)17/h7-13H,1-6H3/b26-15-/t31-/m1/s1. The van der Waals surface area contributed by atoms with Crippen molar-refractivity contribution in [2.45, 2.75) is 39.4 Å². The topological polar surface area (TPSA) is 83.5 Å². The number of hydrogen-bond acceptors (Lipinski definition) is 5. The summed E-state index contributed by atoms with van der Waals surface area (Å²) in [6.45, 7) is 9.37. The van der Waals surface area contributed by atoms with E-state index in [-0.39, 0.29) is 5.56 Å². The first-order valence-electron chi connectivity index (χ1n) is 10.0. The Labute approximate surface area is 184 Å². The van der Waals surface area contributed by atoms with Crippen LogP contribution in [0, 0.1) is 6.92 Å². The number of rotatable bonds is 3. The highest BCUT2D eigenvalue weighted by molar-refractivity contribution is 7.91. The summed E-state index contributed by atoms with van der Waals surface area (Å²) in [4.78, 5) is 18.2. The van der Waals surface area contributed by atoms with Gasteiger partial charge >= 0.3 is 0 Å². The fraction of sp³-hybridized carbons (Fsp3) is 0.292. The molecule has 0 aliphatic rings. The van der Waals surface area contributed by atoms with Crippen molar-refractivity contribution >= 4 is 38.9 Å². The summed E-state index contributed by atoms with van der Waals surface area (Å²) < 4.78 is 23.8. The van der Waals surface area contributed by atoms with Crippen LogP contribution in [-0.4, -0.2) is 24.6 Å². The van der Waals surface area contributed by atoms with Gasteiger partial charge < -0.3 is 8.97 Å². The predicted molar refractivity (Wildman–Crippen MR) is 127 cm³/mol. The molecule has 1 atom stereocenters. The average Bonchev–Trinajstić information content (AvgIpc) is 3.18. The number of benzene rings is 2. The lowest BCUT2D eigenvalue weighted by atomic mass is 10.0. The fourth-order valence-corrected chi connectivity index (χ4v) is 4.14. The summed E-state index contributed by atoms with van der Waals surface area (Å²) in [6, 6.07) is 11.4. The maximum absolute atomic E-state index is 13.3. The zero-order chi connectivity index (χ0) is 22.5. The van der Waals surface area contributed by atoms with Crippen molar-refractivity contribution in [3.8, 4) is 11.4 Å². The first kappa shape index (κ1) is 21.3. The van der Waals surface area contributed by atoms with Crippen molar-refractivity contribution in [2.24, 2.45) is 11.4 Å². The van der Waals surface area contributed by atoms with Gasteiger partial charge in [-0.05, 0) is 64.4 Å². The third-order valence-corrected chi connectivity index (χ3v) is 6.67. The lowest BCUT2D eigenvalue weighted by Gasteiger charge is -2.19. The molecule has 0 radical (unpaired) electrons. The van der Waals surface area contributed by atoms with Crippen LogP contribution in [0.3, 0.4) is 0 Å². The smallest absolute Gasteiger partial charge is 0.261 e. The first-order valence-corrected chi connectivity index (χ1v) is 11.1. The molecule has 2 aromatic heterocycles. The molecule has 0 amide bonds. The molecule has 2 aromatic carbocycles. The summed E-state index contributed by atoms with van der Waals surface area (Å²) in [5.41, 5.74) is 4.01. The molecular formula is C24H25N3O3S. The molecule has 0 saturated heterocycles. The Balaban J connectivity index is 2.03. The average molecular weight is 436 g/mol. The fourth-order valence-electron chi connectivity index (χ4n) is 3.52. The molecule has 31 heavy (non-hydrogen) atoms. The minimum atomic E-state index is -1.42. The van der Waals surface area contributed by atoms with Crippen LogP contribution in [0.2, 0.25) is 0 Å². The second-order valence-corrected chi connectivity index (χ2v) is 10.6. The van der Waals surface area contributed by atoms with Crippen LogP contribution in [0.5, 0.6) is 0 Å². The molecule has 0 spiro atoms. The highest BCUT2D eigenvalue weighted by Gasteiger charge is 2.27. The molecule has 6 nitrogen and oxygen atoms in total. The molecule has 0 aliphatic carbocycles. The van der Waals surface area contributed by atoms with Gasteiger partial charge in [0.05, 0.1) is 28.4 Å². The van der Waals surface area contributed by atoms with Crippen molar-refractivity contribution in [2.75, 3.05) is 0 Å². The minimum Gasteiger partial charge on any atom is -0.591 e. The molecule has 4 aromatic rings. The normalized spacial score (nSPS) is 13.8. The zero-order valence-corrected chi connectivity index (χ0v) is 19.3. The number of fused-ring (bicyclic) bond motifs is 2. The summed E-state index contributed by atoms with van der Waals surface area (Å²) in [7, 11) is 1.71. The van der Waals surface area contributed by atoms with Crippen LogP contribution in [-0.2, 0) is 18.4 Å². The second-order valence-electron chi connectivity index (χ2n) is 8.69. The van der Waals surface area contributed by atoms with E-state index in [4.69, 9.17) is 9.40 Å². The summed E-state index contributed by atoms with van der Waals surface area (Å²) in [5.74, 6) is 0.507. The van der Waals surface area contributed by atoms with Crippen molar-refractivity contribution in [1.29, 1.82) is 0 Å². The van der Waals surface area contributed by atoms with E-state index in [0.717, 1.165) is 16.5 Å². The Hall–Kier alpha value is -2.90. The van der Waals surface area contributed by atoms with Crippen molar-refractivity contribution in [1.82, 2.24) is 9.55 Å². The lowest BCUT2D eigenvalue weighted by Crippen LogP contribution is -2.27. The van der Waals surface area contributed by atoms with Crippen molar-refractivity contribution in [3.05, 3.63) is 64.1 Å². The summed E-state index contributed by atoms with van der Waals surface area (Å²) >= 11 is -1.42.